The van der Waals surface area contributed by atoms with E-state index in [-0.39, 0.29) is 12.8 Å². The minimum atomic E-state index is -4.75. The van der Waals surface area contributed by atoms with E-state index in [4.69, 9.17) is 24.8 Å². The summed E-state index contributed by atoms with van der Waals surface area (Å²) in [5.41, 5.74) is 5.33. The summed E-state index contributed by atoms with van der Waals surface area (Å²) < 4.78 is 32.6. The van der Waals surface area contributed by atoms with Gasteiger partial charge in [-0.2, -0.15) is 0 Å². The fourth-order valence-electron chi connectivity index (χ4n) is 5.30. The molecule has 60 heavy (non-hydrogen) atoms. The molecule has 0 fully saturated rings. The van der Waals surface area contributed by atoms with E-state index in [1.165, 1.54) is 57.8 Å². The summed E-state index contributed by atoms with van der Waals surface area (Å²) in [6, 6.07) is -1.54. The number of hydrogen-bond acceptors (Lipinski definition) is 9. The molecule has 0 aliphatic carbocycles. The van der Waals surface area contributed by atoms with Gasteiger partial charge in [-0.1, -0.05) is 156 Å². The summed E-state index contributed by atoms with van der Waals surface area (Å²) in [6.45, 7) is 2.62. The van der Waals surface area contributed by atoms with Crippen molar-refractivity contribution in [2.45, 2.75) is 167 Å². The van der Waals surface area contributed by atoms with Crippen LogP contribution < -0.4 is 5.73 Å². The Morgan fingerprint density at radius 3 is 1.42 bits per heavy atom. The first-order valence-electron chi connectivity index (χ1n) is 22.3. The molecule has 340 valence electrons. The second kappa shape index (κ2) is 42.1. The fraction of sp³-hybridized carbons (Fsp3) is 0.604. The summed E-state index contributed by atoms with van der Waals surface area (Å²) in [5.74, 6) is -2.56. The van der Waals surface area contributed by atoms with E-state index in [0.717, 1.165) is 44.9 Å². The van der Waals surface area contributed by atoms with Crippen molar-refractivity contribution in [2.24, 2.45) is 5.73 Å². The van der Waals surface area contributed by atoms with Crippen LogP contribution in [0.2, 0.25) is 0 Å². The highest BCUT2D eigenvalue weighted by atomic mass is 31.2. The topological polar surface area (TPSA) is 172 Å². The number of phosphoric ester groups is 1. The molecule has 11 nitrogen and oxygen atoms in total. The number of hydrogen-bond donors (Lipinski definition) is 3. The molecule has 0 spiro atoms. The molecule has 0 aromatic carbocycles. The van der Waals surface area contributed by atoms with Crippen LogP contribution in [0.25, 0.3) is 0 Å². The third-order valence-corrected chi connectivity index (χ3v) is 9.77. The first kappa shape index (κ1) is 56.4. The van der Waals surface area contributed by atoms with Gasteiger partial charge in [0, 0.05) is 12.8 Å². The van der Waals surface area contributed by atoms with Crippen molar-refractivity contribution in [3.05, 3.63) is 97.2 Å². The number of carboxylic acid groups (broad SMARTS) is 1. The molecule has 3 atom stereocenters. The molecule has 0 saturated heterocycles. The number of rotatable bonds is 40. The molecule has 0 heterocycles. The number of aliphatic carboxylic acids is 1. The predicted molar refractivity (Wildman–Crippen MR) is 244 cm³/mol. The highest BCUT2D eigenvalue weighted by Crippen LogP contribution is 2.43. The van der Waals surface area contributed by atoms with Crippen molar-refractivity contribution in [2.75, 3.05) is 19.8 Å². The van der Waals surface area contributed by atoms with Crippen molar-refractivity contribution in [1.82, 2.24) is 0 Å². The molecule has 0 bridgehead atoms. The molecule has 0 aliphatic heterocycles. The molecular weight excluding hydrogens is 781 g/mol. The molecular formula is C48H78NO10P. The van der Waals surface area contributed by atoms with Crippen molar-refractivity contribution in [3.8, 4) is 0 Å². The van der Waals surface area contributed by atoms with Crippen molar-refractivity contribution >= 4 is 25.7 Å². The standard InChI is InChI=1S/C48H78NO10P/c1-3-5-7-9-11-13-15-17-19-21-22-24-26-28-30-32-34-36-38-40-47(51)59-44(42-57-60(54,55)58-43-45(49)48(52)53)41-56-46(50)39-37-35-33-31-29-27-25-23-20-18-16-14-12-10-8-6-4-2/h11,13,17-20,22,24-25,27-28,30-31,33-34,36,44-45H,3-10,12,14-16,21,23,26,29,32,35,37-43,49H2,1-2H3,(H,52,53)(H,54,55)/b13-11+,19-17+,20-18+,24-22+,27-25+,30-28+,33-31+,36-34+/t44-,45+/m1/s1. The lowest BCUT2D eigenvalue weighted by atomic mass is 10.1. The number of allylic oxidation sites excluding steroid dienone is 16. The molecule has 0 aromatic heterocycles. The van der Waals surface area contributed by atoms with Gasteiger partial charge in [0.1, 0.15) is 12.6 Å². The maximum atomic E-state index is 12.6. The van der Waals surface area contributed by atoms with Gasteiger partial charge in [-0.15, -0.1) is 0 Å². The van der Waals surface area contributed by atoms with E-state index < -0.39 is 57.7 Å². The quantitative estimate of drug-likeness (QED) is 0.0232. The third-order valence-electron chi connectivity index (χ3n) is 8.82. The van der Waals surface area contributed by atoms with Crippen LogP contribution in [-0.4, -0.2) is 59.9 Å². The lowest BCUT2D eigenvalue weighted by molar-refractivity contribution is -0.161. The number of carbonyl (C=O) groups excluding carboxylic acids is 2. The van der Waals surface area contributed by atoms with Crippen molar-refractivity contribution < 1.29 is 47.5 Å². The Morgan fingerprint density at radius 1 is 0.517 bits per heavy atom. The van der Waals surface area contributed by atoms with Crippen LogP contribution in [0.15, 0.2) is 97.2 Å². The van der Waals surface area contributed by atoms with Crippen LogP contribution in [0.5, 0.6) is 0 Å². The number of nitrogens with two attached hydrogens (primary N) is 1. The van der Waals surface area contributed by atoms with Gasteiger partial charge >= 0.3 is 25.7 Å². The zero-order valence-corrected chi connectivity index (χ0v) is 37.6. The molecule has 4 N–H and O–H groups in total. The van der Waals surface area contributed by atoms with E-state index in [1.807, 2.05) is 24.3 Å². The Morgan fingerprint density at radius 2 is 0.917 bits per heavy atom. The van der Waals surface area contributed by atoms with Crippen molar-refractivity contribution in [1.29, 1.82) is 0 Å². The summed E-state index contributed by atoms with van der Waals surface area (Å²) in [5, 5.41) is 8.89. The average Bonchev–Trinajstić information content (AvgIpc) is 3.22. The Labute approximate surface area is 362 Å². The number of esters is 2. The SMILES string of the molecule is CCCCC/C=C/C/C=C/C/C=C/C/C=C/C/C=C/CCC(=O)O[C@H](COC(=O)CCC/C=C/C/C=C/C/C=C/CCCCCCCC)COP(=O)(O)OC[C@H](N)C(=O)O. The van der Waals surface area contributed by atoms with Gasteiger partial charge in [0.2, 0.25) is 0 Å². The number of carbonyl (C=O) groups is 3. The molecule has 0 amide bonds. The first-order chi connectivity index (χ1) is 29.1. The highest BCUT2D eigenvalue weighted by Gasteiger charge is 2.28. The van der Waals surface area contributed by atoms with E-state index in [9.17, 15) is 23.8 Å². The maximum Gasteiger partial charge on any atom is 0.472 e. The fourth-order valence-corrected chi connectivity index (χ4v) is 6.08. The van der Waals surface area contributed by atoms with Gasteiger partial charge < -0.3 is 25.2 Å². The van der Waals surface area contributed by atoms with Gasteiger partial charge in [-0.05, 0) is 83.5 Å². The summed E-state index contributed by atoms with van der Waals surface area (Å²) in [4.78, 5) is 45.9. The molecule has 0 aromatic rings. The number of phosphoric acid groups is 1. The van der Waals surface area contributed by atoms with Gasteiger partial charge in [0.15, 0.2) is 6.10 Å². The van der Waals surface area contributed by atoms with Crippen LogP contribution in [0.1, 0.15) is 155 Å². The first-order valence-corrected chi connectivity index (χ1v) is 23.8. The lowest BCUT2D eigenvalue weighted by Gasteiger charge is -2.20. The Kier molecular flexibility index (Phi) is 39.6. The van der Waals surface area contributed by atoms with Crippen LogP contribution in [0.3, 0.4) is 0 Å². The molecule has 0 aliphatic rings. The van der Waals surface area contributed by atoms with E-state index >= 15 is 0 Å². The number of unbranched alkanes of at least 4 members (excludes halogenated alkanes) is 10. The zero-order valence-electron chi connectivity index (χ0n) is 36.8. The summed E-state index contributed by atoms with van der Waals surface area (Å²) >= 11 is 0. The van der Waals surface area contributed by atoms with E-state index in [1.54, 1.807) is 0 Å². The van der Waals surface area contributed by atoms with Crippen LogP contribution in [0.4, 0.5) is 0 Å². The molecule has 0 rings (SSSR count). The zero-order chi connectivity index (χ0) is 44.2. The van der Waals surface area contributed by atoms with Crippen molar-refractivity contribution in [3.63, 3.8) is 0 Å². The average molecular weight is 860 g/mol. The van der Waals surface area contributed by atoms with E-state index in [2.05, 4.69) is 91.3 Å². The summed E-state index contributed by atoms with van der Waals surface area (Å²) in [6.07, 6.45) is 53.5. The highest BCUT2D eigenvalue weighted by molar-refractivity contribution is 7.47. The predicted octanol–water partition coefficient (Wildman–Crippen LogP) is 12.1. The maximum absolute atomic E-state index is 12.6. The number of ether oxygens (including phenoxy) is 2. The van der Waals surface area contributed by atoms with Gasteiger partial charge in [0.05, 0.1) is 13.2 Å². The van der Waals surface area contributed by atoms with Crippen LogP contribution in [0, 0.1) is 0 Å². The van der Waals surface area contributed by atoms with E-state index in [0.29, 0.717) is 25.7 Å². The lowest BCUT2D eigenvalue weighted by Crippen LogP contribution is -2.34. The largest absolute Gasteiger partial charge is 0.480 e. The molecule has 0 radical (unpaired) electrons. The van der Waals surface area contributed by atoms with Gasteiger partial charge in [0.25, 0.3) is 0 Å². The normalized spacial score (nSPS) is 14.6. The Balaban J connectivity index is 4.58. The third kappa shape index (κ3) is 41.1. The minimum Gasteiger partial charge on any atom is -0.480 e. The van der Waals surface area contributed by atoms with Crippen LogP contribution in [-0.2, 0) is 37.5 Å². The monoisotopic (exact) mass is 860 g/mol. The van der Waals surface area contributed by atoms with Gasteiger partial charge in [-0.3, -0.25) is 23.4 Å². The molecule has 1 unspecified atom stereocenters. The van der Waals surface area contributed by atoms with Gasteiger partial charge in [-0.25, -0.2) is 4.57 Å². The Hall–Kier alpha value is -3.60. The summed E-state index contributed by atoms with van der Waals surface area (Å²) in [7, 11) is -4.75. The smallest absolute Gasteiger partial charge is 0.472 e. The minimum absolute atomic E-state index is 0.0216. The Bertz CT molecular complexity index is 1380. The molecule has 12 heteroatoms. The van der Waals surface area contributed by atoms with Crippen LogP contribution >= 0.6 is 7.82 Å². The molecule has 0 saturated carbocycles. The number of carboxylic acids is 1. The second-order valence-electron chi connectivity index (χ2n) is 14.5. The second-order valence-corrected chi connectivity index (χ2v) is 15.9.